The summed E-state index contributed by atoms with van der Waals surface area (Å²) in [7, 11) is 0. The van der Waals surface area contributed by atoms with Crippen LogP contribution in [-0.2, 0) is 4.79 Å². The number of unbranched alkanes of at least 4 members (excludes halogenated alkanes) is 2. The molecule has 0 saturated heterocycles. The maximum Gasteiger partial charge on any atom is 0.236 e. The van der Waals surface area contributed by atoms with Gasteiger partial charge in [0, 0.05) is 13.1 Å². The minimum Gasteiger partial charge on any atom is -0.274 e. The quantitative estimate of drug-likeness (QED) is 0.359. The number of nitrogens with zero attached hydrogens (tertiary/aromatic N) is 1. The third-order valence-corrected chi connectivity index (χ3v) is 1.00. The van der Waals surface area contributed by atoms with Crippen LogP contribution in [0.1, 0.15) is 33.1 Å². The highest BCUT2D eigenvalue weighted by Gasteiger charge is 1.82. The lowest BCUT2D eigenvalue weighted by Gasteiger charge is -1.90. The standard InChI is InChI=1S/C7H14N2O/c1-3-4-5-6-8-9-7(2)10/h6H,3-5H2,1-2H3,(H,9,10)/b8-6-. The molecule has 0 aromatic heterocycles. The fraction of sp³-hybridized carbons (Fsp3) is 0.714. The highest BCUT2D eigenvalue weighted by molar-refractivity contribution is 5.73. The van der Waals surface area contributed by atoms with Gasteiger partial charge < -0.3 is 0 Å². The molecule has 1 N–H and O–H groups in total. The summed E-state index contributed by atoms with van der Waals surface area (Å²) in [6, 6.07) is 0. The molecule has 0 heterocycles. The van der Waals surface area contributed by atoms with Crippen molar-refractivity contribution in [3.05, 3.63) is 0 Å². The predicted molar refractivity (Wildman–Crippen MR) is 41.8 cm³/mol. The molecule has 3 nitrogen and oxygen atoms in total. The smallest absolute Gasteiger partial charge is 0.236 e. The Balaban J connectivity index is 3.12. The van der Waals surface area contributed by atoms with Crippen molar-refractivity contribution in [2.24, 2.45) is 5.10 Å². The summed E-state index contributed by atoms with van der Waals surface area (Å²) in [5.74, 6) is -0.118. The van der Waals surface area contributed by atoms with E-state index in [2.05, 4.69) is 17.5 Å². The molecule has 0 aliphatic heterocycles. The zero-order valence-corrected chi connectivity index (χ0v) is 6.55. The summed E-state index contributed by atoms with van der Waals surface area (Å²) in [5.41, 5.74) is 2.33. The molecule has 0 bridgehead atoms. The first-order valence-corrected chi connectivity index (χ1v) is 3.55. The van der Waals surface area contributed by atoms with Gasteiger partial charge in [-0.25, -0.2) is 5.43 Å². The van der Waals surface area contributed by atoms with E-state index in [0.717, 1.165) is 19.3 Å². The average Bonchev–Trinajstić information content (AvgIpc) is 1.87. The van der Waals surface area contributed by atoms with Gasteiger partial charge in [-0.1, -0.05) is 13.3 Å². The number of carbonyl (C=O) groups excluding carboxylic acids is 1. The maximum atomic E-state index is 10.3. The number of hydrogen-bond donors (Lipinski definition) is 1. The molecule has 0 unspecified atom stereocenters. The van der Waals surface area contributed by atoms with Crippen molar-refractivity contribution in [2.75, 3.05) is 0 Å². The van der Waals surface area contributed by atoms with Crippen LogP contribution < -0.4 is 5.43 Å². The van der Waals surface area contributed by atoms with Crippen molar-refractivity contribution in [3.8, 4) is 0 Å². The second-order valence-electron chi connectivity index (χ2n) is 2.12. The van der Waals surface area contributed by atoms with Crippen LogP contribution in [0.3, 0.4) is 0 Å². The molecule has 0 saturated carbocycles. The summed E-state index contributed by atoms with van der Waals surface area (Å²) in [5, 5.41) is 3.68. The van der Waals surface area contributed by atoms with Gasteiger partial charge in [0.15, 0.2) is 0 Å². The normalized spacial score (nSPS) is 10.2. The van der Waals surface area contributed by atoms with Crippen LogP contribution in [0, 0.1) is 0 Å². The van der Waals surface area contributed by atoms with Gasteiger partial charge in [-0.3, -0.25) is 4.79 Å². The van der Waals surface area contributed by atoms with E-state index in [0.29, 0.717) is 0 Å². The second-order valence-corrected chi connectivity index (χ2v) is 2.12. The molecule has 58 valence electrons. The molecule has 0 atom stereocenters. The van der Waals surface area contributed by atoms with E-state index in [4.69, 9.17) is 0 Å². The van der Waals surface area contributed by atoms with Crippen LogP contribution in [0.15, 0.2) is 5.10 Å². The van der Waals surface area contributed by atoms with E-state index in [1.54, 1.807) is 6.21 Å². The van der Waals surface area contributed by atoms with Gasteiger partial charge in [-0.15, -0.1) is 0 Å². The number of hydrazone groups is 1. The van der Waals surface area contributed by atoms with Gasteiger partial charge in [0.1, 0.15) is 0 Å². The first-order valence-electron chi connectivity index (χ1n) is 3.55. The highest BCUT2D eigenvalue weighted by atomic mass is 16.2. The summed E-state index contributed by atoms with van der Waals surface area (Å²) < 4.78 is 0. The Morgan fingerprint density at radius 1 is 1.70 bits per heavy atom. The van der Waals surface area contributed by atoms with Crippen molar-refractivity contribution in [3.63, 3.8) is 0 Å². The van der Waals surface area contributed by atoms with Gasteiger partial charge in [0.25, 0.3) is 0 Å². The molecule has 0 fully saturated rings. The molecule has 0 rings (SSSR count). The Kier molecular flexibility index (Phi) is 5.72. The van der Waals surface area contributed by atoms with E-state index >= 15 is 0 Å². The predicted octanol–water partition coefficient (Wildman–Crippen LogP) is 1.30. The van der Waals surface area contributed by atoms with Crippen LogP contribution in [0.5, 0.6) is 0 Å². The third kappa shape index (κ3) is 7.14. The minimum absolute atomic E-state index is 0.118. The molecule has 10 heavy (non-hydrogen) atoms. The van der Waals surface area contributed by atoms with Gasteiger partial charge in [0.2, 0.25) is 5.91 Å². The van der Waals surface area contributed by atoms with Crippen molar-refractivity contribution < 1.29 is 4.79 Å². The summed E-state index contributed by atoms with van der Waals surface area (Å²) in [6.45, 7) is 3.56. The fourth-order valence-corrected chi connectivity index (χ4v) is 0.497. The number of nitrogens with one attached hydrogen (secondary N) is 1. The largest absolute Gasteiger partial charge is 0.274 e. The lowest BCUT2D eigenvalue weighted by Crippen LogP contribution is -2.11. The van der Waals surface area contributed by atoms with Crippen molar-refractivity contribution in [1.82, 2.24) is 5.43 Å². The van der Waals surface area contributed by atoms with Crippen molar-refractivity contribution >= 4 is 12.1 Å². The van der Waals surface area contributed by atoms with Gasteiger partial charge in [-0.2, -0.15) is 5.10 Å². The van der Waals surface area contributed by atoms with E-state index in [9.17, 15) is 4.79 Å². The number of amides is 1. The van der Waals surface area contributed by atoms with E-state index in [1.807, 2.05) is 0 Å². The highest BCUT2D eigenvalue weighted by Crippen LogP contribution is 1.88. The summed E-state index contributed by atoms with van der Waals surface area (Å²) >= 11 is 0. The lowest BCUT2D eigenvalue weighted by molar-refractivity contribution is -0.118. The number of rotatable bonds is 4. The molecular formula is C7H14N2O. The summed E-state index contributed by atoms with van der Waals surface area (Å²) in [6.07, 6.45) is 4.96. The van der Waals surface area contributed by atoms with Gasteiger partial charge in [0.05, 0.1) is 0 Å². The number of hydrogen-bond acceptors (Lipinski definition) is 2. The average molecular weight is 142 g/mol. The Labute approximate surface area is 61.5 Å². The van der Waals surface area contributed by atoms with Gasteiger partial charge in [-0.05, 0) is 12.8 Å². The maximum absolute atomic E-state index is 10.3. The number of carbonyl (C=O) groups is 1. The molecule has 1 amide bonds. The molecule has 0 aromatic rings. The molecule has 0 aliphatic carbocycles. The zero-order valence-electron chi connectivity index (χ0n) is 6.55. The summed E-state index contributed by atoms with van der Waals surface area (Å²) in [4.78, 5) is 10.3. The molecule has 0 aromatic carbocycles. The van der Waals surface area contributed by atoms with Crippen LogP contribution in [-0.4, -0.2) is 12.1 Å². The van der Waals surface area contributed by atoms with Gasteiger partial charge >= 0.3 is 0 Å². The Hall–Kier alpha value is -0.860. The molecular weight excluding hydrogens is 128 g/mol. The first kappa shape index (κ1) is 9.14. The molecule has 0 aliphatic rings. The van der Waals surface area contributed by atoms with E-state index < -0.39 is 0 Å². The molecule has 0 radical (unpaired) electrons. The van der Waals surface area contributed by atoms with Crippen LogP contribution in [0.25, 0.3) is 0 Å². The Morgan fingerprint density at radius 3 is 2.90 bits per heavy atom. The first-order chi connectivity index (χ1) is 4.77. The lowest BCUT2D eigenvalue weighted by atomic mass is 10.3. The van der Waals surface area contributed by atoms with E-state index in [1.165, 1.54) is 6.92 Å². The third-order valence-electron chi connectivity index (χ3n) is 1.00. The minimum atomic E-state index is -0.118. The van der Waals surface area contributed by atoms with Crippen LogP contribution in [0.4, 0.5) is 0 Å². The Morgan fingerprint density at radius 2 is 2.40 bits per heavy atom. The zero-order chi connectivity index (χ0) is 7.82. The SMILES string of the molecule is CCCC/C=N\NC(C)=O. The molecule has 3 heteroatoms. The Bertz CT molecular complexity index is 121. The van der Waals surface area contributed by atoms with Crippen LogP contribution >= 0.6 is 0 Å². The van der Waals surface area contributed by atoms with E-state index in [-0.39, 0.29) is 5.91 Å². The molecule has 0 spiro atoms. The monoisotopic (exact) mass is 142 g/mol. The topological polar surface area (TPSA) is 41.5 Å². The second kappa shape index (κ2) is 6.26. The van der Waals surface area contributed by atoms with Crippen LogP contribution in [0.2, 0.25) is 0 Å². The van der Waals surface area contributed by atoms with Crippen molar-refractivity contribution in [1.29, 1.82) is 0 Å². The fourth-order valence-electron chi connectivity index (χ4n) is 0.497. The van der Waals surface area contributed by atoms with Crippen molar-refractivity contribution in [2.45, 2.75) is 33.1 Å².